The monoisotopic (exact) mass is 494 g/mol. The van der Waals surface area contributed by atoms with Crippen molar-refractivity contribution in [3.05, 3.63) is 69.3 Å². The number of aromatic nitrogens is 1. The molecule has 10 heteroatoms. The van der Waals surface area contributed by atoms with E-state index < -0.39 is 20.7 Å². The van der Waals surface area contributed by atoms with Gasteiger partial charge in [-0.15, -0.1) is 11.3 Å². The quantitative estimate of drug-likeness (QED) is 0.513. The summed E-state index contributed by atoms with van der Waals surface area (Å²) in [5, 5.41) is 1.71. The number of nitrogens with one attached hydrogen (secondary N) is 1. The maximum absolute atomic E-state index is 14.9. The van der Waals surface area contributed by atoms with Crippen molar-refractivity contribution in [2.24, 2.45) is 0 Å². The lowest BCUT2D eigenvalue weighted by Gasteiger charge is -2.28. The van der Waals surface area contributed by atoms with E-state index in [0.717, 1.165) is 32.1 Å². The van der Waals surface area contributed by atoms with Crippen molar-refractivity contribution in [1.29, 1.82) is 0 Å². The molecule has 0 saturated carbocycles. The van der Waals surface area contributed by atoms with Gasteiger partial charge in [0, 0.05) is 44.2 Å². The largest absolute Gasteiger partial charge is 0.369 e. The molecule has 0 unspecified atom stereocenters. The zero-order valence-electron chi connectivity index (χ0n) is 17.8. The van der Waals surface area contributed by atoms with Crippen LogP contribution in [-0.2, 0) is 16.6 Å². The van der Waals surface area contributed by atoms with Crippen LogP contribution in [0.2, 0.25) is 5.02 Å². The molecule has 1 aromatic heterocycles. The van der Waals surface area contributed by atoms with Gasteiger partial charge in [-0.3, -0.25) is 9.62 Å². The fraction of sp³-hybridized carbons (Fsp3) is 0.318. The normalized spacial score (nSPS) is 16.9. The molecule has 1 N–H and O–H groups in total. The number of sulfonamides is 1. The average molecular weight is 495 g/mol. The Labute approximate surface area is 196 Å². The van der Waals surface area contributed by atoms with Crippen LogP contribution in [0.3, 0.4) is 0 Å². The number of hydrogen-bond donors (Lipinski definition) is 1. The molecule has 170 valence electrons. The van der Waals surface area contributed by atoms with Crippen molar-refractivity contribution in [3.8, 4) is 0 Å². The van der Waals surface area contributed by atoms with E-state index in [1.54, 1.807) is 0 Å². The number of aryl methyl sites for hydroxylation is 1. The van der Waals surface area contributed by atoms with Crippen LogP contribution in [0.5, 0.6) is 0 Å². The topological polar surface area (TPSA) is 65.5 Å². The third-order valence-electron chi connectivity index (χ3n) is 5.79. The second kappa shape index (κ2) is 9.35. The summed E-state index contributed by atoms with van der Waals surface area (Å²) in [5.74, 6) is -0.708. The zero-order chi connectivity index (χ0) is 22.9. The highest BCUT2D eigenvalue weighted by Crippen LogP contribution is 2.33. The van der Waals surface area contributed by atoms with E-state index in [1.807, 2.05) is 24.1 Å². The van der Waals surface area contributed by atoms with Crippen LogP contribution in [0.25, 0.3) is 0 Å². The molecule has 1 aliphatic rings. The van der Waals surface area contributed by atoms with Gasteiger partial charge in [0.2, 0.25) is 0 Å². The van der Waals surface area contributed by atoms with Gasteiger partial charge in [0.25, 0.3) is 10.0 Å². The van der Waals surface area contributed by atoms with Gasteiger partial charge in [0.1, 0.15) is 10.7 Å². The smallest absolute Gasteiger partial charge is 0.266 e. The molecule has 2 heterocycles. The molecule has 1 saturated heterocycles. The minimum Gasteiger partial charge on any atom is -0.369 e. The fourth-order valence-electron chi connectivity index (χ4n) is 3.95. The van der Waals surface area contributed by atoms with Gasteiger partial charge in [0.15, 0.2) is 5.82 Å². The molecular weight excluding hydrogens is 471 g/mol. The Morgan fingerprint density at radius 3 is 2.84 bits per heavy atom. The lowest BCUT2D eigenvalue weighted by molar-refractivity contribution is 0.325. The molecule has 4 rings (SSSR count). The number of nitrogens with zero attached hydrogens (tertiary/aromatic N) is 3. The van der Waals surface area contributed by atoms with Crippen molar-refractivity contribution in [2.45, 2.75) is 30.8 Å². The Balaban J connectivity index is 1.49. The van der Waals surface area contributed by atoms with Crippen molar-refractivity contribution in [2.75, 3.05) is 29.8 Å². The van der Waals surface area contributed by atoms with E-state index in [1.165, 1.54) is 39.4 Å². The van der Waals surface area contributed by atoms with Crippen LogP contribution < -0.4 is 9.62 Å². The van der Waals surface area contributed by atoms with Crippen LogP contribution in [-0.4, -0.2) is 44.5 Å². The van der Waals surface area contributed by atoms with Gasteiger partial charge >= 0.3 is 0 Å². The van der Waals surface area contributed by atoms with Gasteiger partial charge in [-0.25, -0.2) is 17.8 Å². The fourth-order valence-corrected chi connectivity index (χ4v) is 5.95. The molecular formula is C22H24ClFN4O2S2. The zero-order valence-corrected chi connectivity index (χ0v) is 20.1. The second-order valence-corrected chi connectivity index (χ2v) is 10.7. The number of likely N-dealkylation sites (tertiary alicyclic amines) is 1. The van der Waals surface area contributed by atoms with E-state index in [4.69, 9.17) is 11.6 Å². The number of anilines is 2. The molecule has 6 nitrogen and oxygen atoms in total. The van der Waals surface area contributed by atoms with E-state index >= 15 is 0 Å². The van der Waals surface area contributed by atoms with E-state index in [9.17, 15) is 12.8 Å². The molecule has 3 aromatic rings. The summed E-state index contributed by atoms with van der Waals surface area (Å²) >= 11 is 7.66. The molecule has 0 bridgehead atoms. The van der Waals surface area contributed by atoms with Gasteiger partial charge in [0.05, 0.1) is 16.2 Å². The highest BCUT2D eigenvalue weighted by atomic mass is 35.5. The summed E-state index contributed by atoms with van der Waals surface area (Å²) < 4.78 is 42.3. The third kappa shape index (κ3) is 4.91. The van der Waals surface area contributed by atoms with Crippen molar-refractivity contribution < 1.29 is 12.8 Å². The molecule has 2 aromatic carbocycles. The maximum Gasteiger partial charge on any atom is 0.266 e. The Bertz CT molecular complexity index is 1200. The Hall–Kier alpha value is -2.20. The molecule has 32 heavy (non-hydrogen) atoms. The third-order valence-corrected chi connectivity index (χ3v) is 8.05. The number of rotatable bonds is 7. The lowest BCUT2D eigenvalue weighted by atomic mass is 10.1. The second-order valence-electron chi connectivity index (χ2n) is 7.93. The van der Waals surface area contributed by atoms with Crippen LogP contribution in [0.1, 0.15) is 17.5 Å². The van der Waals surface area contributed by atoms with Crippen LogP contribution in [0.15, 0.2) is 52.2 Å². The minimum atomic E-state index is -4.14. The summed E-state index contributed by atoms with van der Waals surface area (Å²) in [6.07, 6.45) is 0.908. The molecule has 1 atom stereocenters. The van der Waals surface area contributed by atoms with E-state index in [0.29, 0.717) is 5.69 Å². The molecule has 0 spiro atoms. The number of benzene rings is 2. The molecule has 0 radical (unpaired) electrons. The van der Waals surface area contributed by atoms with Gasteiger partial charge in [-0.1, -0.05) is 35.9 Å². The summed E-state index contributed by atoms with van der Waals surface area (Å²) in [4.78, 5) is 7.68. The predicted molar refractivity (Wildman–Crippen MR) is 128 cm³/mol. The van der Waals surface area contributed by atoms with Gasteiger partial charge < -0.3 is 4.90 Å². The molecule has 0 amide bonds. The predicted octanol–water partition coefficient (Wildman–Crippen LogP) is 4.76. The van der Waals surface area contributed by atoms with Gasteiger partial charge in [-0.05, 0) is 30.5 Å². The first-order valence-electron chi connectivity index (χ1n) is 10.1. The molecule has 1 fully saturated rings. The summed E-state index contributed by atoms with van der Waals surface area (Å²) in [7, 11) is -2.27. The number of hydrogen-bond acceptors (Lipinski definition) is 6. The lowest BCUT2D eigenvalue weighted by Crippen LogP contribution is -2.34. The number of thiazole rings is 1. The first-order chi connectivity index (χ1) is 15.2. The Morgan fingerprint density at radius 1 is 1.34 bits per heavy atom. The van der Waals surface area contributed by atoms with E-state index in [-0.39, 0.29) is 16.9 Å². The minimum absolute atomic E-state index is 0.145. The number of likely N-dealkylation sites (N-methyl/N-ethyl adjacent to an activating group) is 1. The standard InChI is InChI=1S/C22H24ClFN4O2S2/c1-15-5-3-4-6-16(15)11-28-8-7-17(12-28)27(2)20-10-19(24)21(9-18(20)23)32(29,30)26-22-13-31-14-25-22/h3-6,9-10,13-14,17,26H,7-8,11-12H2,1-2H3/t17-/m0/s1. The average Bonchev–Trinajstić information content (AvgIpc) is 3.42. The molecule has 1 aliphatic heterocycles. The first kappa shape index (κ1) is 23.0. The SMILES string of the molecule is Cc1ccccc1CN1CC[C@H](N(C)c2cc(F)c(S(=O)(=O)Nc3cscn3)cc2Cl)C1. The van der Waals surface area contributed by atoms with Crippen LogP contribution in [0.4, 0.5) is 15.9 Å². The maximum atomic E-state index is 14.9. The number of halogens is 2. The van der Waals surface area contributed by atoms with Gasteiger partial charge in [-0.2, -0.15) is 0 Å². The summed E-state index contributed by atoms with van der Waals surface area (Å²) in [6.45, 7) is 4.71. The van der Waals surface area contributed by atoms with Crippen molar-refractivity contribution in [3.63, 3.8) is 0 Å². The van der Waals surface area contributed by atoms with Crippen LogP contribution in [0, 0.1) is 12.7 Å². The van der Waals surface area contributed by atoms with E-state index in [2.05, 4.69) is 33.7 Å². The van der Waals surface area contributed by atoms with Crippen LogP contribution >= 0.6 is 22.9 Å². The highest BCUT2D eigenvalue weighted by Gasteiger charge is 2.29. The van der Waals surface area contributed by atoms with Crippen molar-refractivity contribution >= 4 is 44.5 Å². The summed E-state index contributed by atoms with van der Waals surface area (Å²) in [6, 6.07) is 10.8. The van der Waals surface area contributed by atoms with Crippen molar-refractivity contribution in [1.82, 2.24) is 9.88 Å². The summed E-state index contributed by atoms with van der Waals surface area (Å²) in [5.41, 5.74) is 4.52. The first-order valence-corrected chi connectivity index (χ1v) is 12.9. The molecule has 0 aliphatic carbocycles. The Morgan fingerprint density at radius 2 is 2.12 bits per heavy atom. The highest BCUT2D eigenvalue weighted by molar-refractivity contribution is 7.92. The Kier molecular flexibility index (Phi) is 6.71.